The molecule has 0 spiro atoms. The Morgan fingerprint density at radius 2 is 2.27 bits per heavy atom. The molecule has 2 rings (SSSR count). The Balaban J connectivity index is 2.22. The molecule has 0 N–H and O–H groups in total. The number of rotatable bonds is 0. The predicted molar refractivity (Wildman–Crippen MR) is 40.6 cm³/mol. The summed E-state index contributed by atoms with van der Waals surface area (Å²) < 4.78 is 5.18. The monoisotopic (exact) mass is 148 g/mol. The molecule has 0 aromatic heterocycles. The lowest BCUT2D eigenvalue weighted by Gasteiger charge is -1.99. The van der Waals surface area contributed by atoms with Gasteiger partial charge in [0.15, 0.2) is 5.78 Å². The third-order valence-corrected chi connectivity index (χ3v) is 1.80. The van der Waals surface area contributed by atoms with E-state index < -0.39 is 0 Å². The minimum Gasteiger partial charge on any atom is -0.469 e. The van der Waals surface area contributed by atoms with Gasteiger partial charge in [0.25, 0.3) is 0 Å². The third kappa shape index (κ3) is 1.11. The first-order valence-corrected chi connectivity index (χ1v) is 3.61. The maximum Gasteiger partial charge on any atom is 0.160 e. The topological polar surface area (TPSA) is 26.3 Å². The fraction of sp³-hybridized carbons (Fsp3) is 0.222. The molecule has 1 heterocycles. The van der Waals surface area contributed by atoms with E-state index in [-0.39, 0.29) is 5.78 Å². The highest BCUT2D eigenvalue weighted by Crippen LogP contribution is 2.24. The molecule has 0 saturated carbocycles. The smallest absolute Gasteiger partial charge is 0.160 e. The molecule has 0 aromatic rings. The first-order chi connectivity index (χ1) is 5.36. The normalized spacial score (nSPS) is 28.2. The fourth-order valence-corrected chi connectivity index (χ4v) is 1.23. The van der Waals surface area contributed by atoms with Crippen molar-refractivity contribution in [1.29, 1.82) is 0 Å². The van der Waals surface area contributed by atoms with Crippen LogP contribution in [0.3, 0.4) is 0 Å². The van der Waals surface area contributed by atoms with E-state index in [1.54, 1.807) is 12.3 Å². The van der Waals surface area contributed by atoms with Crippen molar-refractivity contribution in [2.24, 2.45) is 0 Å². The van der Waals surface area contributed by atoms with E-state index in [0.29, 0.717) is 6.42 Å². The first kappa shape index (κ1) is 6.40. The van der Waals surface area contributed by atoms with Crippen molar-refractivity contribution in [2.75, 3.05) is 0 Å². The van der Waals surface area contributed by atoms with Gasteiger partial charge in [-0.15, -0.1) is 0 Å². The molecule has 0 bridgehead atoms. The zero-order valence-electron chi connectivity index (χ0n) is 6.04. The summed E-state index contributed by atoms with van der Waals surface area (Å²) in [6.45, 7) is 0. The van der Waals surface area contributed by atoms with Gasteiger partial charge in [0.1, 0.15) is 5.76 Å². The number of hydrogen-bond acceptors (Lipinski definition) is 2. The molecule has 11 heavy (non-hydrogen) atoms. The van der Waals surface area contributed by atoms with Crippen LogP contribution < -0.4 is 0 Å². The third-order valence-electron chi connectivity index (χ3n) is 1.80. The number of carbonyl (C=O) groups is 1. The van der Waals surface area contributed by atoms with Gasteiger partial charge in [-0.2, -0.15) is 0 Å². The van der Waals surface area contributed by atoms with Crippen molar-refractivity contribution in [3.05, 3.63) is 35.8 Å². The Labute approximate surface area is 64.9 Å². The maximum absolute atomic E-state index is 10.8. The number of allylic oxidation sites excluding steroid dienone is 4. The second-order valence-electron chi connectivity index (χ2n) is 2.62. The molecule has 0 saturated heterocycles. The summed E-state index contributed by atoms with van der Waals surface area (Å²) in [5.41, 5.74) is 1.03. The van der Waals surface area contributed by atoms with E-state index in [4.69, 9.17) is 4.74 Å². The molecular weight excluding hydrogens is 140 g/mol. The Hall–Kier alpha value is -1.31. The highest BCUT2D eigenvalue weighted by Gasteiger charge is 2.15. The van der Waals surface area contributed by atoms with Crippen molar-refractivity contribution < 1.29 is 9.53 Å². The van der Waals surface area contributed by atoms with Gasteiger partial charge in [0.05, 0.1) is 6.26 Å². The van der Waals surface area contributed by atoms with E-state index in [1.165, 1.54) is 0 Å². The second kappa shape index (κ2) is 2.38. The quantitative estimate of drug-likeness (QED) is 0.522. The van der Waals surface area contributed by atoms with Gasteiger partial charge in [-0.3, -0.25) is 4.79 Å². The number of hydrogen-bond donors (Lipinski definition) is 0. The lowest BCUT2D eigenvalue weighted by atomic mass is 10.2. The molecule has 0 aromatic carbocycles. The molecule has 0 unspecified atom stereocenters. The predicted octanol–water partition coefficient (Wildman–Crippen LogP) is 1.70. The van der Waals surface area contributed by atoms with Gasteiger partial charge in [0, 0.05) is 12.8 Å². The van der Waals surface area contributed by atoms with Crippen LogP contribution in [0.5, 0.6) is 0 Å². The van der Waals surface area contributed by atoms with E-state index in [2.05, 4.69) is 0 Å². The van der Waals surface area contributed by atoms with Crippen LogP contribution in [0.2, 0.25) is 0 Å². The minimum absolute atomic E-state index is 0.169. The Morgan fingerprint density at radius 1 is 1.36 bits per heavy atom. The van der Waals surface area contributed by atoms with Crippen LogP contribution in [0.1, 0.15) is 12.8 Å². The summed E-state index contributed by atoms with van der Waals surface area (Å²) in [4.78, 5) is 10.8. The van der Waals surface area contributed by atoms with Crippen molar-refractivity contribution in [3.63, 3.8) is 0 Å². The molecule has 56 valence electrons. The Bertz CT molecular complexity index is 272. The highest BCUT2D eigenvalue weighted by molar-refractivity contribution is 5.95. The SMILES string of the molecule is O=C1C=CC(=C2CC=CO2)C1. The summed E-state index contributed by atoms with van der Waals surface area (Å²) in [6.07, 6.45) is 8.39. The summed E-state index contributed by atoms with van der Waals surface area (Å²) in [7, 11) is 0. The summed E-state index contributed by atoms with van der Waals surface area (Å²) in [5.74, 6) is 1.09. The molecule has 0 radical (unpaired) electrons. The molecule has 2 heteroatoms. The lowest BCUT2D eigenvalue weighted by molar-refractivity contribution is -0.113. The van der Waals surface area contributed by atoms with Gasteiger partial charge in [-0.05, 0) is 17.7 Å². The summed E-state index contributed by atoms with van der Waals surface area (Å²) in [5, 5.41) is 0. The second-order valence-corrected chi connectivity index (χ2v) is 2.62. The molecule has 0 atom stereocenters. The van der Waals surface area contributed by atoms with Crippen LogP contribution in [0.25, 0.3) is 0 Å². The number of ketones is 1. The Kier molecular flexibility index (Phi) is 1.39. The fourth-order valence-electron chi connectivity index (χ4n) is 1.23. The van der Waals surface area contributed by atoms with Gasteiger partial charge in [-0.25, -0.2) is 0 Å². The van der Waals surface area contributed by atoms with Crippen molar-refractivity contribution in [3.8, 4) is 0 Å². The lowest BCUT2D eigenvalue weighted by Crippen LogP contribution is -1.89. The first-order valence-electron chi connectivity index (χ1n) is 3.61. The molecule has 2 nitrogen and oxygen atoms in total. The summed E-state index contributed by atoms with van der Waals surface area (Å²) in [6, 6.07) is 0. The van der Waals surface area contributed by atoms with E-state index in [1.807, 2.05) is 12.2 Å². The van der Waals surface area contributed by atoms with Crippen LogP contribution in [-0.4, -0.2) is 5.78 Å². The molecule has 0 fully saturated rings. The molecule has 0 amide bonds. The minimum atomic E-state index is 0.169. The summed E-state index contributed by atoms with van der Waals surface area (Å²) >= 11 is 0. The van der Waals surface area contributed by atoms with E-state index >= 15 is 0 Å². The van der Waals surface area contributed by atoms with Crippen molar-refractivity contribution >= 4 is 5.78 Å². The zero-order chi connectivity index (χ0) is 7.68. The highest BCUT2D eigenvalue weighted by atomic mass is 16.5. The van der Waals surface area contributed by atoms with Crippen LogP contribution in [-0.2, 0) is 9.53 Å². The van der Waals surface area contributed by atoms with Crippen LogP contribution in [0.15, 0.2) is 35.8 Å². The number of carbonyl (C=O) groups excluding carboxylic acids is 1. The van der Waals surface area contributed by atoms with Crippen molar-refractivity contribution in [1.82, 2.24) is 0 Å². The van der Waals surface area contributed by atoms with Crippen LogP contribution in [0, 0.1) is 0 Å². The molecule has 2 aliphatic rings. The van der Waals surface area contributed by atoms with E-state index in [9.17, 15) is 4.79 Å². The van der Waals surface area contributed by atoms with Crippen LogP contribution >= 0.6 is 0 Å². The molecule has 1 aliphatic heterocycles. The molecule has 1 aliphatic carbocycles. The largest absolute Gasteiger partial charge is 0.469 e. The van der Waals surface area contributed by atoms with Crippen LogP contribution in [0.4, 0.5) is 0 Å². The van der Waals surface area contributed by atoms with Gasteiger partial charge < -0.3 is 4.74 Å². The van der Waals surface area contributed by atoms with Gasteiger partial charge >= 0.3 is 0 Å². The average molecular weight is 148 g/mol. The standard InChI is InChI=1S/C9H8O2/c10-8-4-3-7(6-8)9-2-1-5-11-9/h1,3-5H,2,6H2. The van der Waals surface area contributed by atoms with Gasteiger partial charge in [-0.1, -0.05) is 6.08 Å². The zero-order valence-corrected chi connectivity index (χ0v) is 6.04. The Morgan fingerprint density at radius 3 is 2.82 bits per heavy atom. The maximum atomic E-state index is 10.8. The number of ether oxygens (including phenoxy) is 1. The van der Waals surface area contributed by atoms with Gasteiger partial charge in [0.2, 0.25) is 0 Å². The van der Waals surface area contributed by atoms with E-state index in [0.717, 1.165) is 17.8 Å². The van der Waals surface area contributed by atoms with Crippen molar-refractivity contribution in [2.45, 2.75) is 12.8 Å². The average Bonchev–Trinajstić information content (AvgIpc) is 2.55. The molecular formula is C9H8O2.